The van der Waals surface area contributed by atoms with Crippen molar-refractivity contribution in [1.29, 1.82) is 0 Å². The Hall–Kier alpha value is -0.556. The minimum absolute atomic E-state index is 0. The van der Waals surface area contributed by atoms with E-state index >= 15 is 0 Å². The van der Waals surface area contributed by atoms with Crippen LogP contribution in [-0.2, 0) is 21.3 Å². The Morgan fingerprint density at radius 1 is 1.30 bits per heavy atom. The van der Waals surface area contributed by atoms with Crippen LogP contribution in [0, 0.1) is 28.6 Å². The Morgan fingerprint density at radius 3 is 2.61 bits per heavy atom. The summed E-state index contributed by atoms with van der Waals surface area (Å²) in [5, 5.41) is 9.83. The van der Waals surface area contributed by atoms with Crippen LogP contribution >= 0.6 is 0 Å². The van der Waals surface area contributed by atoms with Crippen molar-refractivity contribution in [3.8, 4) is 0 Å². The number of hydrogen-bond acceptors (Lipinski definition) is 1. The predicted octanol–water partition coefficient (Wildman–Crippen LogP) is 5.20. The molecule has 0 heterocycles. The van der Waals surface area contributed by atoms with Gasteiger partial charge in [0.1, 0.15) is 0 Å². The molecule has 0 aromatic heterocycles. The minimum Gasteiger partial charge on any atom is -0.481 e. The summed E-state index contributed by atoms with van der Waals surface area (Å²) in [4.78, 5) is 11.9. The molecule has 0 radical (unpaired) electrons. The van der Waals surface area contributed by atoms with Crippen molar-refractivity contribution in [3.63, 3.8) is 0 Å². The van der Waals surface area contributed by atoms with Gasteiger partial charge in [-0.2, -0.15) is 0 Å². The molecule has 23 heavy (non-hydrogen) atoms. The van der Waals surface area contributed by atoms with Crippen molar-refractivity contribution < 1.29 is 26.4 Å². The van der Waals surface area contributed by atoms with E-state index < -0.39 is 11.4 Å². The van der Waals surface area contributed by atoms with Gasteiger partial charge in [0.05, 0.1) is 5.41 Å². The SMILES string of the molecule is CC(C)C1=CC2=CCC3C(C)(C(=O)O)CCCC3(C)C2CC1.[Ni]. The van der Waals surface area contributed by atoms with Crippen LogP contribution in [-0.4, -0.2) is 11.1 Å². The fourth-order valence-corrected chi connectivity index (χ4v) is 5.60. The van der Waals surface area contributed by atoms with Gasteiger partial charge in [0, 0.05) is 16.5 Å². The van der Waals surface area contributed by atoms with E-state index in [0.29, 0.717) is 11.8 Å². The van der Waals surface area contributed by atoms with E-state index in [0.717, 1.165) is 19.3 Å². The third kappa shape index (κ3) is 2.84. The summed E-state index contributed by atoms with van der Waals surface area (Å²) in [6.45, 7) is 8.93. The second kappa shape index (κ2) is 6.39. The molecule has 4 unspecified atom stereocenters. The van der Waals surface area contributed by atoms with Crippen LogP contribution in [0.25, 0.3) is 0 Å². The first-order chi connectivity index (χ1) is 10.3. The normalized spacial score (nSPS) is 39.5. The fourth-order valence-electron chi connectivity index (χ4n) is 5.60. The second-order valence-corrected chi connectivity index (χ2v) is 8.54. The average molecular weight is 361 g/mol. The summed E-state index contributed by atoms with van der Waals surface area (Å²) in [5.74, 6) is 0.888. The maximum absolute atomic E-state index is 11.9. The van der Waals surface area contributed by atoms with Gasteiger partial charge in [-0.15, -0.1) is 0 Å². The number of allylic oxidation sites excluding steroid dienone is 4. The van der Waals surface area contributed by atoms with Crippen molar-refractivity contribution in [3.05, 3.63) is 23.3 Å². The molecular weight excluding hydrogens is 331 g/mol. The molecule has 3 heteroatoms. The van der Waals surface area contributed by atoms with E-state index in [1.165, 1.54) is 24.8 Å². The van der Waals surface area contributed by atoms with Crippen molar-refractivity contribution in [1.82, 2.24) is 0 Å². The molecule has 0 aromatic rings. The molecule has 3 aliphatic rings. The van der Waals surface area contributed by atoms with Crippen molar-refractivity contribution in [2.45, 2.75) is 66.2 Å². The molecule has 0 aliphatic heterocycles. The summed E-state index contributed by atoms with van der Waals surface area (Å²) in [6.07, 6.45) is 11.2. The third-order valence-electron chi connectivity index (χ3n) is 7.07. The molecule has 0 bridgehead atoms. The van der Waals surface area contributed by atoms with Crippen LogP contribution in [0.2, 0.25) is 0 Å². The third-order valence-corrected chi connectivity index (χ3v) is 7.07. The molecule has 1 N–H and O–H groups in total. The van der Waals surface area contributed by atoms with E-state index in [2.05, 4.69) is 32.9 Å². The maximum atomic E-state index is 11.9. The van der Waals surface area contributed by atoms with Crippen LogP contribution in [0.4, 0.5) is 0 Å². The van der Waals surface area contributed by atoms with Crippen LogP contribution < -0.4 is 0 Å². The van der Waals surface area contributed by atoms with Crippen molar-refractivity contribution in [2.75, 3.05) is 0 Å². The van der Waals surface area contributed by atoms with Crippen LogP contribution in [0.3, 0.4) is 0 Å². The zero-order valence-electron chi connectivity index (χ0n) is 14.8. The van der Waals surface area contributed by atoms with Gasteiger partial charge in [-0.05, 0) is 67.8 Å². The first-order valence-corrected chi connectivity index (χ1v) is 8.93. The number of hydrogen-bond donors (Lipinski definition) is 1. The Morgan fingerprint density at radius 2 is 2.00 bits per heavy atom. The maximum Gasteiger partial charge on any atom is 0.309 e. The van der Waals surface area contributed by atoms with E-state index in [9.17, 15) is 9.90 Å². The average Bonchev–Trinajstić information content (AvgIpc) is 2.46. The smallest absolute Gasteiger partial charge is 0.309 e. The van der Waals surface area contributed by atoms with Gasteiger partial charge >= 0.3 is 5.97 Å². The largest absolute Gasteiger partial charge is 0.481 e. The Bertz CT molecular complexity index is 548. The summed E-state index contributed by atoms with van der Waals surface area (Å²) >= 11 is 0. The van der Waals surface area contributed by atoms with Gasteiger partial charge in [-0.25, -0.2) is 0 Å². The minimum atomic E-state index is -0.588. The van der Waals surface area contributed by atoms with Crippen LogP contribution in [0.15, 0.2) is 23.3 Å². The molecule has 1 fully saturated rings. The zero-order valence-corrected chi connectivity index (χ0v) is 15.8. The van der Waals surface area contributed by atoms with Gasteiger partial charge < -0.3 is 5.11 Å². The standard InChI is InChI=1S/C20H30O2.Ni/c1-13(2)14-6-8-16-15(12-14)7-9-17-19(16,3)10-5-11-20(17,4)18(21)22;/h7,12-13,16-17H,5-6,8-11H2,1-4H3,(H,21,22);. The molecule has 0 saturated heterocycles. The second-order valence-electron chi connectivity index (χ2n) is 8.54. The van der Waals surface area contributed by atoms with E-state index in [1.807, 2.05) is 6.92 Å². The Kier molecular flexibility index (Phi) is 5.22. The zero-order chi connectivity index (χ0) is 16.1. The van der Waals surface area contributed by atoms with Gasteiger partial charge in [0.25, 0.3) is 0 Å². The number of carbonyl (C=O) groups is 1. The van der Waals surface area contributed by atoms with Gasteiger partial charge in [0.15, 0.2) is 0 Å². The van der Waals surface area contributed by atoms with Crippen molar-refractivity contribution in [2.24, 2.45) is 28.6 Å². The number of fused-ring (bicyclic) bond motifs is 3. The molecule has 2 nitrogen and oxygen atoms in total. The number of rotatable bonds is 2. The number of carboxylic acids is 1. The number of carboxylic acid groups (broad SMARTS) is 1. The summed E-state index contributed by atoms with van der Waals surface area (Å²) in [7, 11) is 0. The van der Waals surface area contributed by atoms with Gasteiger partial charge in [-0.1, -0.05) is 44.9 Å². The molecule has 0 amide bonds. The molecule has 4 atom stereocenters. The predicted molar refractivity (Wildman–Crippen MR) is 89.5 cm³/mol. The summed E-state index contributed by atoms with van der Waals surface area (Å²) < 4.78 is 0. The van der Waals surface area contributed by atoms with Crippen LogP contribution in [0.1, 0.15) is 66.2 Å². The van der Waals surface area contributed by atoms with E-state index in [1.54, 1.807) is 5.57 Å². The first-order valence-electron chi connectivity index (χ1n) is 8.93. The molecule has 1 saturated carbocycles. The molecule has 132 valence electrons. The Labute approximate surface area is 150 Å². The first kappa shape index (κ1) is 18.8. The molecular formula is C20H30NiO2. The molecule has 0 aromatic carbocycles. The summed E-state index contributed by atoms with van der Waals surface area (Å²) in [6, 6.07) is 0. The Balaban J connectivity index is 0.00000192. The monoisotopic (exact) mass is 360 g/mol. The fraction of sp³-hybridized carbons (Fsp3) is 0.750. The summed E-state index contributed by atoms with van der Waals surface area (Å²) in [5.41, 5.74) is 2.69. The number of aliphatic carboxylic acids is 1. The quantitative estimate of drug-likeness (QED) is 0.686. The van der Waals surface area contributed by atoms with E-state index in [-0.39, 0.29) is 27.8 Å². The molecule has 3 rings (SSSR count). The molecule has 3 aliphatic carbocycles. The van der Waals surface area contributed by atoms with E-state index in [4.69, 9.17) is 0 Å². The van der Waals surface area contributed by atoms with Crippen molar-refractivity contribution >= 4 is 5.97 Å². The van der Waals surface area contributed by atoms with Gasteiger partial charge in [0.2, 0.25) is 0 Å². The van der Waals surface area contributed by atoms with Crippen LogP contribution in [0.5, 0.6) is 0 Å². The molecule has 0 spiro atoms. The topological polar surface area (TPSA) is 37.3 Å². The van der Waals surface area contributed by atoms with Gasteiger partial charge in [-0.3, -0.25) is 4.79 Å².